The number of guanidine groups is 1. The highest BCUT2D eigenvalue weighted by Gasteiger charge is 2.30. The quantitative estimate of drug-likeness (QED) is 0.306. The van der Waals surface area contributed by atoms with Gasteiger partial charge in [-0.2, -0.15) is 18.3 Å². The molecule has 2 atom stereocenters. The van der Waals surface area contributed by atoms with Crippen molar-refractivity contribution in [3.05, 3.63) is 47.8 Å². The molecule has 1 saturated heterocycles. The first-order chi connectivity index (χ1) is 14.8. The first kappa shape index (κ1) is 26.2. The number of hydrogen-bond acceptors (Lipinski definition) is 4. The van der Waals surface area contributed by atoms with Gasteiger partial charge >= 0.3 is 6.18 Å². The molecular formula is C21H29F3IN5O2. The van der Waals surface area contributed by atoms with Gasteiger partial charge < -0.3 is 20.1 Å². The number of hydrogen-bond donors (Lipinski definition) is 2. The standard InChI is InChI=1S/C21H28F3N5O2.HI/c1-3-25-20(29-9-8-15(13-29)16-10-27-28(2)12-16)26-11-18(30)14-31-19-6-4-17(5-7-19)21(22,23)24;/h4-7,10,12,15,18,30H,3,8-9,11,13-14H2,1-2H3,(H,25,26);1H. The Labute approximate surface area is 202 Å². The van der Waals surface area contributed by atoms with Gasteiger partial charge in [-0.3, -0.25) is 9.67 Å². The van der Waals surface area contributed by atoms with Crippen molar-refractivity contribution in [2.75, 3.05) is 32.8 Å². The van der Waals surface area contributed by atoms with Gasteiger partial charge in [-0.1, -0.05) is 0 Å². The lowest BCUT2D eigenvalue weighted by Crippen LogP contribution is -2.40. The minimum atomic E-state index is -4.39. The lowest BCUT2D eigenvalue weighted by Gasteiger charge is -2.22. The second-order valence-corrected chi connectivity index (χ2v) is 7.56. The van der Waals surface area contributed by atoms with Gasteiger partial charge in [-0.05, 0) is 43.2 Å². The lowest BCUT2D eigenvalue weighted by molar-refractivity contribution is -0.137. The summed E-state index contributed by atoms with van der Waals surface area (Å²) < 4.78 is 45.0. The summed E-state index contributed by atoms with van der Waals surface area (Å²) in [6.07, 6.45) is -0.356. The van der Waals surface area contributed by atoms with Crippen molar-refractivity contribution < 1.29 is 23.0 Å². The van der Waals surface area contributed by atoms with Gasteiger partial charge in [0.1, 0.15) is 18.5 Å². The van der Waals surface area contributed by atoms with Crippen LogP contribution < -0.4 is 10.1 Å². The number of aliphatic hydroxyl groups is 1. The van der Waals surface area contributed by atoms with Crippen LogP contribution >= 0.6 is 24.0 Å². The maximum atomic E-state index is 12.6. The van der Waals surface area contributed by atoms with Crippen molar-refractivity contribution in [3.8, 4) is 5.75 Å². The molecule has 11 heteroatoms. The predicted octanol–water partition coefficient (Wildman–Crippen LogP) is 3.25. The number of aliphatic imine (C=N–C) groups is 1. The average molecular weight is 567 g/mol. The molecule has 0 spiro atoms. The van der Waals surface area contributed by atoms with E-state index >= 15 is 0 Å². The van der Waals surface area contributed by atoms with Gasteiger partial charge in [-0.15, -0.1) is 24.0 Å². The number of aromatic nitrogens is 2. The van der Waals surface area contributed by atoms with Crippen molar-refractivity contribution in [2.24, 2.45) is 12.0 Å². The Balaban J connectivity index is 0.00000363. The van der Waals surface area contributed by atoms with Gasteiger partial charge in [0.2, 0.25) is 0 Å². The Morgan fingerprint density at radius 3 is 2.66 bits per heavy atom. The predicted molar refractivity (Wildman–Crippen MR) is 126 cm³/mol. The molecule has 2 unspecified atom stereocenters. The zero-order chi connectivity index (χ0) is 22.4. The maximum Gasteiger partial charge on any atom is 0.416 e. The van der Waals surface area contributed by atoms with Crippen LogP contribution in [0.15, 0.2) is 41.7 Å². The summed E-state index contributed by atoms with van der Waals surface area (Å²) in [5.41, 5.74) is 0.460. The first-order valence-corrected chi connectivity index (χ1v) is 10.3. The van der Waals surface area contributed by atoms with Gasteiger partial charge in [0, 0.05) is 38.8 Å². The van der Waals surface area contributed by atoms with Gasteiger partial charge in [-0.25, -0.2) is 0 Å². The summed E-state index contributed by atoms with van der Waals surface area (Å²) in [7, 11) is 1.90. The fraction of sp³-hybridized carbons (Fsp3) is 0.524. The Morgan fingerprint density at radius 2 is 2.06 bits per heavy atom. The van der Waals surface area contributed by atoms with E-state index in [9.17, 15) is 18.3 Å². The Hall–Kier alpha value is -2.02. The fourth-order valence-electron chi connectivity index (χ4n) is 3.48. The molecular weight excluding hydrogens is 538 g/mol. The number of nitrogens with one attached hydrogen (secondary N) is 1. The average Bonchev–Trinajstić information content (AvgIpc) is 3.38. The molecule has 3 rings (SSSR count). The third-order valence-corrected chi connectivity index (χ3v) is 5.09. The van der Waals surface area contributed by atoms with E-state index in [2.05, 4.69) is 20.3 Å². The molecule has 0 aliphatic carbocycles. The van der Waals surface area contributed by atoms with Crippen molar-refractivity contribution in [2.45, 2.75) is 31.5 Å². The molecule has 2 aromatic rings. The monoisotopic (exact) mass is 567 g/mol. The highest BCUT2D eigenvalue weighted by molar-refractivity contribution is 14.0. The summed E-state index contributed by atoms with van der Waals surface area (Å²) in [5, 5.41) is 17.7. The molecule has 0 amide bonds. The second kappa shape index (κ2) is 11.7. The zero-order valence-electron chi connectivity index (χ0n) is 18.0. The molecule has 0 radical (unpaired) electrons. The highest BCUT2D eigenvalue weighted by atomic mass is 127. The van der Waals surface area contributed by atoms with Crippen LogP contribution in [0.4, 0.5) is 13.2 Å². The molecule has 1 aromatic heterocycles. The molecule has 1 aliphatic rings. The number of rotatable bonds is 7. The van der Waals surface area contributed by atoms with Crippen LogP contribution in [0.2, 0.25) is 0 Å². The third-order valence-electron chi connectivity index (χ3n) is 5.09. The van der Waals surface area contributed by atoms with Crippen LogP contribution in [0.1, 0.15) is 30.4 Å². The third kappa shape index (κ3) is 7.26. The van der Waals surface area contributed by atoms with Gasteiger partial charge in [0.15, 0.2) is 5.96 Å². The molecule has 2 heterocycles. The Kier molecular flexibility index (Phi) is 9.62. The van der Waals surface area contributed by atoms with E-state index in [4.69, 9.17) is 4.74 Å². The molecule has 1 fully saturated rings. The zero-order valence-corrected chi connectivity index (χ0v) is 20.4. The van der Waals surface area contributed by atoms with Gasteiger partial charge in [0.05, 0.1) is 18.3 Å². The van der Waals surface area contributed by atoms with Crippen LogP contribution in [0.5, 0.6) is 5.75 Å². The van der Waals surface area contributed by atoms with Crippen molar-refractivity contribution in [1.29, 1.82) is 0 Å². The maximum absolute atomic E-state index is 12.6. The summed E-state index contributed by atoms with van der Waals surface area (Å²) in [6.45, 7) is 4.40. The van der Waals surface area contributed by atoms with Crippen LogP contribution in [0.3, 0.4) is 0 Å². The SMILES string of the molecule is CCNC(=NCC(O)COc1ccc(C(F)(F)F)cc1)N1CCC(c2cnn(C)c2)C1.I. The van der Waals surface area contributed by atoms with E-state index in [0.29, 0.717) is 12.5 Å². The summed E-state index contributed by atoms with van der Waals surface area (Å²) >= 11 is 0. The van der Waals surface area contributed by atoms with Crippen molar-refractivity contribution >= 4 is 29.9 Å². The first-order valence-electron chi connectivity index (χ1n) is 10.3. The number of aryl methyl sites for hydroxylation is 1. The molecule has 0 saturated carbocycles. The smallest absolute Gasteiger partial charge is 0.416 e. The van der Waals surface area contributed by atoms with Crippen LogP contribution in [-0.4, -0.2) is 64.6 Å². The molecule has 7 nitrogen and oxygen atoms in total. The van der Waals surface area contributed by atoms with E-state index in [1.54, 1.807) is 4.68 Å². The summed E-state index contributed by atoms with van der Waals surface area (Å²) in [6, 6.07) is 4.39. The number of nitrogens with zero attached hydrogens (tertiary/aromatic N) is 4. The number of halogens is 4. The lowest BCUT2D eigenvalue weighted by atomic mass is 10.0. The molecule has 0 bridgehead atoms. The van der Waals surface area contributed by atoms with E-state index < -0.39 is 17.8 Å². The molecule has 32 heavy (non-hydrogen) atoms. The number of ether oxygens (including phenoxy) is 1. The van der Waals surface area contributed by atoms with Crippen molar-refractivity contribution in [1.82, 2.24) is 20.0 Å². The number of alkyl halides is 3. The molecule has 1 aromatic carbocycles. The van der Waals surface area contributed by atoms with Gasteiger partial charge in [0.25, 0.3) is 0 Å². The van der Waals surface area contributed by atoms with E-state index in [1.165, 1.54) is 17.7 Å². The van der Waals surface area contributed by atoms with E-state index in [0.717, 1.165) is 37.6 Å². The number of benzene rings is 1. The second-order valence-electron chi connectivity index (χ2n) is 7.56. The Bertz CT molecular complexity index is 873. The van der Waals surface area contributed by atoms with Crippen LogP contribution in [0, 0.1) is 0 Å². The van der Waals surface area contributed by atoms with Crippen molar-refractivity contribution in [3.63, 3.8) is 0 Å². The number of likely N-dealkylation sites (tertiary alicyclic amines) is 1. The minimum absolute atomic E-state index is 0. The largest absolute Gasteiger partial charge is 0.491 e. The molecule has 2 N–H and O–H groups in total. The normalized spacial score (nSPS) is 17.8. The number of aliphatic hydroxyl groups excluding tert-OH is 1. The minimum Gasteiger partial charge on any atom is -0.491 e. The molecule has 1 aliphatic heterocycles. The van der Waals surface area contributed by atoms with Crippen LogP contribution in [-0.2, 0) is 13.2 Å². The van der Waals surface area contributed by atoms with Crippen LogP contribution in [0.25, 0.3) is 0 Å². The highest BCUT2D eigenvalue weighted by Crippen LogP contribution is 2.30. The summed E-state index contributed by atoms with van der Waals surface area (Å²) in [5.74, 6) is 1.37. The van der Waals surface area contributed by atoms with E-state index in [1.807, 2.05) is 26.4 Å². The Morgan fingerprint density at radius 1 is 1.34 bits per heavy atom. The van der Waals surface area contributed by atoms with E-state index in [-0.39, 0.29) is 42.9 Å². The molecule has 178 valence electrons. The fourth-order valence-corrected chi connectivity index (χ4v) is 3.48. The topological polar surface area (TPSA) is 74.9 Å². The summed E-state index contributed by atoms with van der Waals surface area (Å²) in [4.78, 5) is 6.68.